The fourth-order valence-electron chi connectivity index (χ4n) is 9.46. The van der Waals surface area contributed by atoms with Gasteiger partial charge in [-0.15, -0.1) is 23.5 Å². The van der Waals surface area contributed by atoms with Gasteiger partial charge in [0.15, 0.2) is 9.84 Å². The fourth-order valence-corrected chi connectivity index (χ4v) is 15.2. The lowest BCUT2D eigenvalue weighted by Crippen LogP contribution is -2.65. The zero-order valence-electron chi connectivity index (χ0n) is 31.0. The molecule has 0 bridgehead atoms. The highest BCUT2D eigenvalue weighted by molar-refractivity contribution is 8.18. The van der Waals surface area contributed by atoms with Crippen molar-refractivity contribution in [2.24, 2.45) is 5.41 Å². The molecule has 0 aromatic carbocycles. The first kappa shape index (κ1) is 39.7. The van der Waals surface area contributed by atoms with E-state index in [1.165, 1.54) is 0 Å². The molecular weight excluding hydrogens is 723 g/mol. The number of carbonyl (C=O) groups excluding carboxylic acids is 5. The highest BCUT2D eigenvalue weighted by atomic mass is 32.2. The van der Waals surface area contributed by atoms with Gasteiger partial charge in [-0.05, 0) is 81.1 Å². The average molecular weight is 782 g/mol. The van der Waals surface area contributed by atoms with Gasteiger partial charge in [0, 0.05) is 19.0 Å². The molecule has 6 fully saturated rings. The maximum Gasteiger partial charge on any atom is 0.315 e. The molecule has 15 heteroatoms. The van der Waals surface area contributed by atoms with Crippen molar-refractivity contribution in [2.75, 3.05) is 23.8 Å². The van der Waals surface area contributed by atoms with Crippen molar-refractivity contribution >= 4 is 62.9 Å². The van der Waals surface area contributed by atoms with Gasteiger partial charge < -0.3 is 26.2 Å². The third-order valence-corrected chi connectivity index (χ3v) is 18.3. The third-order valence-electron chi connectivity index (χ3n) is 12.5. The number of nitrogens with one attached hydrogen (secondary N) is 4. The Balaban J connectivity index is 1.26. The molecule has 6 aliphatic rings. The lowest BCUT2D eigenvalue weighted by Gasteiger charge is -2.45. The second-order valence-electron chi connectivity index (χ2n) is 16.6. The topological polar surface area (TPSA) is 171 Å². The van der Waals surface area contributed by atoms with Crippen LogP contribution in [0.4, 0.5) is 4.79 Å². The minimum atomic E-state index is -3.36. The Morgan fingerprint density at radius 2 is 1.50 bits per heavy atom. The minimum absolute atomic E-state index is 0.0101. The molecule has 3 aliphatic heterocycles. The fraction of sp³-hybridized carbons (Fsp3) is 0.865. The minimum Gasteiger partial charge on any atom is -0.347 e. The normalized spacial score (nSPS) is 28.7. The molecule has 5 amide bonds. The summed E-state index contributed by atoms with van der Waals surface area (Å²) in [6, 6.07) is -3.32. The van der Waals surface area contributed by atoms with E-state index >= 15 is 4.79 Å². The zero-order valence-corrected chi connectivity index (χ0v) is 33.4. The SMILES string of the molecule is CCCC(NC(=O)[C@@H]1CC2(CN1C(=O)[C@@H](NC(=O)NC1([C@H]3CCCS3(=O)=O)CCCCC1)C1(C)CCCCC1)SCCCS2)C(=O)C(=O)NC1CC1. The van der Waals surface area contributed by atoms with Crippen molar-refractivity contribution in [3.63, 3.8) is 0 Å². The van der Waals surface area contributed by atoms with E-state index in [9.17, 15) is 27.6 Å². The van der Waals surface area contributed by atoms with Gasteiger partial charge in [0.05, 0.1) is 26.7 Å². The predicted molar refractivity (Wildman–Crippen MR) is 205 cm³/mol. The Labute approximate surface area is 317 Å². The molecule has 0 aromatic heterocycles. The van der Waals surface area contributed by atoms with E-state index in [0.717, 1.165) is 82.1 Å². The van der Waals surface area contributed by atoms with Crippen molar-refractivity contribution in [1.82, 2.24) is 26.2 Å². The third kappa shape index (κ3) is 8.76. The Kier molecular flexibility index (Phi) is 12.5. The van der Waals surface area contributed by atoms with Crippen LogP contribution in [0, 0.1) is 5.41 Å². The number of likely N-dealkylation sites (tertiary alicyclic amines) is 1. The molecule has 1 unspecified atom stereocenters. The van der Waals surface area contributed by atoms with E-state index in [1.54, 1.807) is 28.4 Å². The van der Waals surface area contributed by atoms with E-state index in [-0.39, 0.29) is 17.7 Å². The summed E-state index contributed by atoms with van der Waals surface area (Å²) in [5, 5.41) is 11.3. The second-order valence-corrected chi connectivity index (χ2v) is 22.1. The molecule has 3 heterocycles. The van der Waals surface area contributed by atoms with Crippen LogP contribution in [0.1, 0.15) is 129 Å². The standard InChI is InChI=1S/C37H59N5O7S3/c1-3-12-26(29(43)32(45)38-25-14-15-25)39-31(44)27-23-37(50-20-11-21-51-37)24-42(27)33(46)30(35(2)16-6-4-7-17-35)40-34(47)41-36(18-8-5-9-19-36)28-13-10-22-52(28,48)49/h25-28,30H,3-24H2,1-2H3,(H,38,45)(H,39,44)(H2,40,41,47)/t26?,27-,28+,30+/m0/s1. The first-order valence-corrected chi connectivity index (χ1v) is 23.5. The monoisotopic (exact) mass is 781 g/mol. The molecule has 0 radical (unpaired) electrons. The molecule has 0 aromatic rings. The predicted octanol–water partition coefficient (Wildman–Crippen LogP) is 4.20. The molecule has 52 heavy (non-hydrogen) atoms. The molecule has 3 saturated heterocycles. The number of carbonyl (C=O) groups is 5. The summed E-state index contributed by atoms with van der Waals surface area (Å²) < 4.78 is 26.1. The van der Waals surface area contributed by atoms with Crippen molar-refractivity contribution < 1.29 is 32.4 Å². The number of nitrogens with zero attached hydrogens (tertiary/aromatic N) is 1. The largest absolute Gasteiger partial charge is 0.347 e. The quantitative estimate of drug-likeness (QED) is 0.212. The van der Waals surface area contributed by atoms with Crippen LogP contribution in [0.3, 0.4) is 0 Å². The molecule has 12 nitrogen and oxygen atoms in total. The Morgan fingerprint density at radius 1 is 0.846 bits per heavy atom. The van der Waals surface area contributed by atoms with Crippen molar-refractivity contribution in [3.05, 3.63) is 0 Å². The van der Waals surface area contributed by atoms with Gasteiger partial charge >= 0.3 is 6.03 Å². The Hall–Kier alpha value is -2.00. The summed E-state index contributed by atoms with van der Waals surface area (Å²) in [6.45, 7) is 4.27. The lowest BCUT2D eigenvalue weighted by molar-refractivity contribution is -0.144. The van der Waals surface area contributed by atoms with Gasteiger partial charge in [-0.3, -0.25) is 19.2 Å². The van der Waals surface area contributed by atoms with Crippen LogP contribution in [0.25, 0.3) is 0 Å². The van der Waals surface area contributed by atoms with Crippen LogP contribution in [0.15, 0.2) is 0 Å². The highest BCUT2D eigenvalue weighted by Crippen LogP contribution is 2.51. The van der Waals surface area contributed by atoms with Crippen LogP contribution in [0.2, 0.25) is 0 Å². The van der Waals surface area contributed by atoms with E-state index < -0.39 is 71.9 Å². The highest BCUT2D eigenvalue weighted by Gasteiger charge is 2.55. The number of Topliss-reactive ketones (excluding diaryl/α,β-unsaturated/α-hetero) is 1. The first-order chi connectivity index (χ1) is 24.8. The van der Waals surface area contributed by atoms with Crippen LogP contribution < -0.4 is 21.3 Å². The number of urea groups is 1. The summed E-state index contributed by atoms with van der Waals surface area (Å²) in [7, 11) is -3.36. The van der Waals surface area contributed by atoms with Crippen molar-refractivity contribution in [1.29, 1.82) is 0 Å². The van der Waals surface area contributed by atoms with Crippen LogP contribution in [-0.4, -0.2) is 106 Å². The molecule has 3 aliphatic carbocycles. The molecule has 6 rings (SSSR count). The van der Waals surface area contributed by atoms with Gasteiger partial charge in [-0.1, -0.05) is 58.8 Å². The van der Waals surface area contributed by atoms with E-state index in [1.807, 2.05) is 13.8 Å². The second kappa shape index (κ2) is 16.4. The molecule has 4 atom stereocenters. The summed E-state index contributed by atoms with van der Waals surface area (Å²) >= 11 is 3.54. The molecule has 292 valence electrons. The van der Waals surface area contributed by atoms with E-state index in [4.69, 9.17) is 0 Å². The number of sulfone groups is 1. The summed E-state index contributed by atoms with van der Waals surface area (Å²) in [5.41, 5.74) is -1.45. The van der Waals surface area contributed by atoms with Gasteiger partial charge in [0.25, 0.3) is 5.91 Å². The lowest BCUT2D eigenvalue weighted by atomic mass is 9.70. The number of amides is 5. The summed E-state index contributed by atoms with van der Waals surface area (Å²) in [5.74, 6) is -0.163. The van der Waals surface area contributed by atoms with Gasteiger partial charge in [-0.25, -0.2) is 13.2 Å². The van der Waals surface area contributed by atoms with E-state index in [2.05, 4.69) is 21.3 Å². The van der Waals surface area contributed by atoms with Crippen LogP contribution in [-0.2, 0) is 29.0 Å². The number of ketones is 1. The molecular formula is C37H59N5O7S3. The smallest absolute Gasteiger partial charge is 0.315 e. The zero-order chi connectivity index (χ0) is 37.1. The van der Waals surface area contributed by atoms with Crippen LogP contribution in [0.5, 0.6) is 0 Å². The first-order valence-electron chi connectivity index (χ1n) is 19.8. The number of hydrogen-bond acceptors (Lipinski definition) is 9. The van der Waals surface area contributed by atoms with Gasteiger partial charge in [0.2, 0.25) is 17.6 Å². The number of rotatable bonds is 12. The van der Waals surface area contributed by atoms with Crippen molar-refractivity contribution in [3.8, 4) is 0 Å². The van der Waals surface area contributed by atoms with Crippen LogP contribution >= 0.6 is 23.5 Å². The van der Waals surface area contributed by atoms with Gasteiger partial charge in [0.1, 0.15) is 12.1 Å². The Bertz CT molecular complexity index is 1470. The summed E-state index contributed by atoms with van der Waals surface area (Å²) in [6.07, 6.45) is 13.3. The van der Waals surface area contributed by atoms with E-state index in [0.29, 0.717) is 51.5 Å². The maximum atomic E-state index is 15.1. The average Bonchev–Trinajstić information content (AvgIpc) is 3.75. The Morgan fingerprint density at radius 3 is 2.10 bits per heavy atom. The molecule has 1 spiro atoms. The number of hydrogen-bond donors (Lipinski definition) is 4. The summed E-state index contributed by atoms with van der Waals surface area (Å²) in [4.78, 5) is 71.2. The van der Waals surface area contributed by atoms with Crippen molar-refractivity contribution in [2.45, 2.75) is 168 Å². The molecule has 3 saturated carbocycles. The maximum absolute atomic E-state index is 15.1. The number of thioether (sulfide) groups is 2. The molecule has 4 N–H and O–H groups in total. The van der Waals surface area contributed by atoms with Gasteiger partial charge in [-0.2, -0.15) is 0 Å².